The molecular formula is C20H26N6O. The maximum atomic E-state index is 12.5. The lowest BCUT2D eigenvalue weighted by Crippen LogP contribution is -2.35. The Morgan fingerprint density at radius 1 is 1.15 bits per heavy atom. The summed E-state index contributed by atoms with van der Waals surface area (Å²) in [7, 11) is 0. The average Bonchev–Trinajstić information content (AvgIpc) is 3.17. The van der Waals surface area contributed by atoms with Crippen LogP contribution in [0.25, 0.3) is 0 Å². The molecule has 1 N–H and O–H groups in total. The highest BCUT2D eigenvalue weighted by Gasteiger charge is 2.28. The molecule has 4 heterocycles. The molecule has 4 rings (SSSR count). The van der Waals surface area contributed by atoms with Crippen molar-refractivity contribution in [3.8, 4) is 0 Å². The Morgan fingerprint density at radius 3 is 2.89 bits per heavy atom. The molecule has 7 heteroatoms. The smallest absolute Gasteiger partial charge is 0.272 e. The fourth-order valence-electron chi connectivity index (χ4n) is 3.92. The summed E-state index contributed by atoms with van der Waals surface area (Å²) in [5.41, 5.74) is 0.502. The van der Waals surface area contributed by atoms with E-state index in [1.54, 1.807) is 18.6 Å². The van der Waals surface area contributed by atoms with E-state index >= 15 is 0 Å². The number of carbonyl (C=O) groups is 1. The summed E-state index contributed by atoms with van der Waals surface area (Å²) in [5.74, 6) is 2.51. The Morgan fingerprint density at radius 2 is 2.07 bits per heavy atom. The van der Waals surface area contributed by atoms with Crippen molar-refractivity contribution < 1.29 is 4.79 Å². The molecule has 2 fully saturated rings. The Bertz CT molecular complexity index is 783. The van der Waals surface area contributed by atoms with Crippen molar-refractivity contribution >= 4 is 17.5 Å². The second-order valence-electron chi connectivity index (χ2n) is 7.55. The lowest BCUT2D eigenvalue weighted by molar-refractivity contribution is 0.0786. The molecular weight excluding hydrogens is 340 g/mol. The summed E-state index contributed by atoms with van der Waals surface area (Å²) < 4.78 is 0. The number of nitrogens with one attached hydrogen (secondary N) is 1. The van der Waals surface area contributed by atoms with Crippen molar-refractivity contribution in [2.45, 2.75) is 32.2 Å². The van der Waals surface area contributed by atoms with Crippen LogP contribution < -0.4 is 10.2 Å². The molecule has 2 unspecified atom stereocenters. The van der Waals surface area contributed by atoms with Gasteiger partial charge in [0.05, 0.1) is 0 Å². The largest absolute Gasteiger partial charge is 0.365 e. The summed E-state index contributed by atoms with van der Waals surface area (Å²) in [6.07, 6.45) is 6.68. The zero-order valence-corrected chi connectivity index (χ0v) is 15.7. The fourth-order valence-corrected chi connectivity index (χ4v) is 3.92. The number of rotatable bonds is 4. The van der Waals surface area contributed by atoms with E-state index in [-0.39, 0.29) is 11.9 Å². The molecule has 7 nitrogen and oxygen atoms in total. The monoisotopic (exact) mass is 366 g/mol. The number of pyridine rings is 1. The lowest BCUT2D eigenvalue weighted by atomic mass is 10.0. The summed E-state index contributed by atoms with van der Waals surface area (Å²) >= 11 is 0. The van der Waals surface area contributed by atoms with E-state index in [9.17, 15) is 4.79 Å². The van der Waals surface area contributed by atoms with Crippen molar-refractivity contribution in [1.29, 1.82) is 0 Å². The highest BCUT2D eigenvalue weighted by molar-refractivity contribution is 5.92. The van der Waals surface area contributed by atoms with E-state index in [2.05, 4.69) is 32.1 Å². The van der Waals surface area contributed by atoms with Crippen LogP contribution in [-0.2, 0) is 0 Å². The van der Waals surface area contributed by atoms with Gasteiger partial charge in [0, 0.05) is 44.5 Å². The van der Waals surface area contributed by atoms with Gasteiger partial charge >= 0.3 is 0 Å². The molecule has 0 radical (unpaired) electrons. The first-order valence-electron chi connectivity index (χ1n) is 9.73. The highest BCUT2D eigenvalue weighted by Crippen LogP contribution is 2.23. The molecule has 0 saturated carbocycles. The van der Waals surface area contributed by atoms with Crippen molar-refractivity contribution in [2.24, 2.45) is 5.92 Å². The molecule has 2 aliphatic heterocycles. The quantitative estimate of drug-likeness (QED) is 0.896. The number of likely N-dealkylation sites (tertiary alicyclic amines) is 1. The van der Waals surface area contributed by atoms with Crippen LogP contribution in [0.1, 0.15) is 36.7 Å². The van der Waals surface area contributed by atoms with Gasteiger partial charge in [-0.3, -0.25) is 9.78 Å². The average molecular weight is 366 g/mol. The van der Waals surface area contributed by atoms with Crippen LogP contribution in [0.4, 0.5) is 11.6 Å². The molecule has 0 spiro atoms. The van der Waals surface area contributed by atoms with Gasteiger partial charge in [0.2, 0.25) is 0 Å². The zero-order valence-electron chi connectivity index (χ0n) is 15.7. The van der Waals surface area contributed by atoms with E-state index < -0.39 is 0 Å². The Balaban J connectivity index is 1.37. The number of nitrogens with zero attached hydrogens (tertiary/aromatic N) is 5. The van der Waals surface area contributed by atoms with Crippen LogP contribution in [0.3, 0.4) is 0 Å². The van der Waals surface area contributed by atoms with Crippen LogP contribution in [0.5, 0.6) is 0 Å². The van der Waals surface area contributed by atoms with Crippen molar-refractivity contribution in [2.75, 3.05) is 36.4 Å². The SMILES string of the molecule is CC1CCCN(c2cc(NC3CCN(C(=O)c4ccccn4)C3)ncn2)C1. The summed E-state index contributed by atoms with van der Waals surface area (Å²) in [6.45, 7) is 5.78. The Labute approximate surface area is 159 Å². The van der Waals surface area contributed by atoms with E-state index in [0.29, 0.717) is 18.2 Å². The van der Waals surface area contributed by atoms with Crippen molar-refractivity contribution in [1.82, 2.24) is 19.9 Å². The Hall–Kier alpha value is -2.70. The number of carbonyl (C=O) groups excluding carboxylic acids is 1. The second-order valence-corrected chi connectivity index (χ2v) is 7.55. The predicted molar refractivity (Wildman–Crippen MR) is 105 cm³/mol. The van der Waals surface area contributed by atoms with Gasteiger partial charge in [-0.1, -0.05) is 13.0 Å². The number of anilines is 2. The van der Waals surface area contributed by atoms with E-state index in [1.807, 2.05) is 23.1 Å². The molecule has 0 aromatic carbocycles. The minimum Gasteiger partial charge on any atom is -0.365 e. The predicted octanol–water partition coefficient (Wildman–Crippen LogP) is 2.43. The fraction of sp³-hybridized carbons (Fsp3) is 0.500. The van der Waals surface area contributed by atoms with Crippen LogP contribution in [0, 0.1) is 5.92 Å². The maximum absolute atomic E-state index is 12.5. The number of piperidine rings is 1. The first kappa shape index (κ1) is 17.7. The normalized spacial score (nSPS) is 22.7. The maximum Gasteiger partial charge on any atom is 0.272 e. The third-order valence-corrected chi connectivity index (χ3v) is 5.35. The third kappa shape index (κ3) is 4.18. The molecule has 0 aliphatic carbocycles. The molecule has 0 bridgehead atoms. The van der Waals surface area contributed by atoms with E-state index in [1.165, 1.54) is 12.8 Å². The van der Waals surface area contributed by atoms with Gasteiger partial charge in [0.15, 0.2) is 0 Å². The zero-order chi connectivity index (χ0) is 18.6. The molecule has 2 aliphatic rings. The second kappa shape index (κ2) is 7.90. The number of aromatic nitrogens is 3. The first-order chi connectivity index (χ1) is 13.2. The Kier molecular flexibility index (Phi) is 5.18. The van der Waals surface area contributed by atoms with Gasteiger partial charge in [-0.15, -0.1) is 0 Å². The van der Waals surface area contributed by atoms with Crippen LogP contribution in [0.2, 0.25) is 0 Å². The lowest BCUT2D eigenvalue weighted by Gasteiger charge is -2.31. The minimum absolute atomic E-state index is 0.00872. The van der Waals surface area contributed by atoms with Gasteiger partial charge in [0.1, 0.15) is 23.7 Å². The molecule has 1 amide bonds. The van der Waals surface area contributed by atoms with Gasteiger partial charge in [-0.25, -0.2) is 9.97 Å². The minimum atomic E-state index is -0.00872. The van der Waals surface area contributed by atoms with Gasteiger partial charge in [-0.05, 0) is 37.3 Å². The van der Waals surface area contributed by atoms with Crippen LogP contribution >= 0.6 is 0 Å². The topological polar surface area (TPSA) is 74.2 Å². The molecule has 2 aromatic heterocycles. The summed E-state index contributed by atoms with van der Waals surface area (Å²) in [6, 6.07) is 7.65. The number of hydrogen-bond acceptors (Lipinski definition) is 6. The van der Waals surface area contributed by atoms with Crippen molar-refractivity contribution in [3.63, 3.8) is 0 Å². The first-order valence-corrected chi connectivity index (χ1v) is 9.73. The van der Waals surface area contributed by atoms with Gasteiger partial charge in [0.25, 0.3) is 5.91 Å². The molecule has 27 heavy (non-hydrogen) atoms. The molecule has 2 atom stereocenters. The van der Waals surface area contributed by atoms with Gasteiger partial charge < -0.3 is 15.1 Å². The third-order valence-electron chi connectivity index (χ3n) is 5.35. The highest BCUT2D eigenvalue weighted by atomic mass is 16.2. The van der Waals surface area contributed by atoms with Crippen molar-refractivity contribution in [3.05, 3.63) is 42.5 Å². The van der Waals surface area contributed by atoms with E-state index in [4.69, 9.17) is 0 Å². The standard InChI is InChI=1S/C20H26N6O/c1-15-5-4-9-25(12-15)19-11-18(22-14-23-19)24-16-7-10-26(13-16)20(27)17-6-2-3-8-21-17/h2-3,6,8,11,14-16H,4-5,7,9-10,12-13H2,1H3,(H,22,23,24). The molecule has 142 valence electrons. The molecule has 2 aromatic rings. The number of hydrogen-bond donors (Lipinski definition) is 1. The summed E-state index contributed by atoms with van der Waals surface area (Å²) in [4.78, 5) is 29.7. The van der Waals surface area contributed by atoms with E-state index in [0.717, 1.165) is 37.7 Å². The molecule has 2 saturated heterocycles. The number of amides is 1. The van der Waals surface area contributed by atoms with Gasteiger partial charge in [-0.2, -0.15) is 0 Å². The van der Waals surface area contributed by atoms with Crippen LogP contribution in [-0.4, -0.2) is 58.0 Å². The van der Waals surface area contributed by atoms with Crippen LogP contribution in [0.15, 0.2) is 36.8 Å². The summed E-state index contributed by atoms with van der Waals surface area (Å²) in [5, 5.41) is 3.48.